The molecule has 2 N–H and O–H groups in total. The fraction of sp³-hybridized carbons (Fsp3) is 0. The lowest BCUT2D eigenvalue weighted by Gasteiger charge is -2.09. The Labute approximate surface area is 117 Å². The van der Waals surface area contributed by atoms with E-state index in [0.29, 0.717) is 20.8 Å². The minimum absolute atomic E-state index is 0.192. The van der Waals surface area contributed by atoms with Crippen LogP contribution in [0.3, 0.4) is 0 Å². The van der Waals surface area contributed by atoms with E-state index in [1.54, 1.807) is 18.2 Å². The minimum Gasteiger partial charge on any atom is -0.436 e. The number of hydrogen-bond acceptors (Lipinski definition) is 4. The van der Waals surface area contributed by atoms with Gasteiger partial charge >= 0.3 is 0 Å². The molecule has 0 saturated heterocycles. The molecule has 0 saturated carbocycles. The minimum atomic E-state index is 0.192. The summed E-state index contributed by atoms with van der Waals surface area (Å²) < 4.78 is 6.22. The van der Waals surface area contributed by atoms with Crippen molar-refractivity contribution in [1.82, 2.24) is 4.98 Å². The van der Waals surface area contributed by atoms with Crippen LogP contribution in [0.15, 0.2) is 34.9 Å². The number of halogens is 2. The zero-order chi connectivity index (χ0) is 13.1. The molecule has 4 nitrogen and oxygen atoms in total. The molecule has 0 radical (unpaired) electrons. The first kappa shape index (κ1) is 12.7. The molecule has 2 rings (SSSR count). The summed E-state index contributed by atoms with van der Waals surface area (Å²) in [5.74, 6) is 0.714. The van der Waals surface area contributed by atoms with Gasteiger partial charge in [-0.25, -0.2) is 4.98 Å². The molecule has 0 aliphatic heterocycles. The number of rotatable bonds is 2. The largest absolute Gasteiger partial charge is 0.436 e. The van der Waals surface area contributed by atoms with Gasteiger partial charge < -0.3 is 10.5 Å². The van der Waals surface area contributed by atoms with E-state index in [1.165, 1.54) is 12.3 Å². The van der Waals surface area contributed by atoms with Gasteiger partial charge in [-0.2, -0.15) is 5.26 Å². The van der Waals surface area contributed by atoms with Gasteiger partial charge in [0.25, 0.3) is 0 Å². The van der Waals surface area contributed by atoms with E-state index in [1.807, 2.05) is 6.07 Å². The van der Waals surface area contributed by atoms with E-state index in [0.717, 1.165) is 0 Å². The molecule has 0 aliphatic carbocycles. The van der Waals surface area contributed by atoms with Crippen LogP contribution in [0.25, 0.3) is 0 Å². The average molecular weight is 325 g/mol. The van der Waals surface area contributed by atoms with Gasteiger partial charge in [0.2, 0.25) is 5.88 Å². The molecule has 6 heteroatoms. The van der Waals surface area contributed by atoms with Gasteiger partial charge in [0.05, 0.1) is 10.0 Å². The van der Waals surface area contributed by atoms with Crippen LogP contribution in [0, 0.1) is 11.3 Å². The molecule has 2 aromatic rings. The summed E-state index contributed by atoms with van der Waals surface area (Å²) in [6.07, 6.45) is 1.47. The van der Waals surface area contributed by atoms with Gasteiger partial charge in [0.15, 0.2) is 0 Å². The van der Waals surface area contributed by atoms with Crippen molar-refractivity contribution in [3.63, 3.8) is 0 Å². The highest BCUT2D eigenvalue weighted by atomic mass is 79.9. The van der Waals surface area contributed by atoms with Crippen LogP contribution in [0.2, 0.25) is 5.02 Å². The van der Waals surface area contributed by atoms with Crippen molar-refractivity contribution in [3.8, 4) is 17.7 Å². The SMILES string of the molecule is N#Cc1ccnc(Oc2ccc(Cl)cc2Br)c1N. The van der Waals surface area contributed by atoms with Crippen molar-refractivity contribution in [1.29, 1.82) is 5.26 Å². The van der Waals surface area contributed by atoms with Crippen LogP contribution in [-0.4, -0.2) is 4.98 Å². The molecule has 1 aromatic heterocycles. The van der Waals surface area contributed by atoms with Gasteiger partial charge in [-0.3, -0.25) is 0 Å². The van der Waals surface area contributed by atoms with Crippen LogP contribution in [0.1, 0.15) is 5.56 Å². The summed E-state index contributed by atoms with van der Waals surface area (Å²) in [7, 11) is 0. The Morgan fingerprint density at radius 2 is 2.17 bits per heavy atom. The Hall–Kier alpha value is -1.77. The third-order valence-electron chi connectivity index (χ3n) is 2.17. The molecule has 1 heterocycles. The molecule has 0 fully saturated rings. The Kier molecular flexibility index (Phi) is 3.70. The number of aromatic nitrogens is 1. The second-order valence-electron chi connectivity index (χ2n) is 3.37. The first-order valence-electron chi connectivity index (χ1n) is 4.89. The maximum atomic E-state index is 8.86. The van der Waals surface area contributed by atoms with Crippen LogP contribution in [-0.2, 0) is 0 Å². The monoisotopic (exact) mass is 323 g/mol. The maximum absolute atomic E-state index is 8.86. The Morgan fingerprint density at radius 1 is 1.39 bits per heavy atom. The van der Waals surface area contributed by atoms with Crippen LogP contribution < -0.4 is 10.5 Å². The van der Waals surface area contributed by atoms with Crippen molar-refractivity contribution in [2.75, 3.05) is 5.73 Å². The summed E-state index contributed by atoms with van der Waals surface area (Å²) in [5, 5.41) is 9.44. The van der Waals surface area contributed by atoms with E-state index < -0.39 is 0 Å². The molecule has 0 bridgehead atoms. The predicted molar refractivity (Wildman–Crippen MR) is 72.6 cm³/mol. The normalized spacial score (nSPS) is 9.83. The van der Waals surface area contributed by atoms with Crippen LogP contribution in [0.5, 0.6) is 11.6 Å². The molecule has 18 heavy (non-hydrogen) atoms. The zero-order valence-corrected chi connectivity index (χ0v) is 11.4. The number of anilines is 1. The molecular weight excluding hydrogens is 318 g/mol. The van der Waals surface area contributed by atoms with Crippen LogP contribution >= 0.6 is 27.5 Å². The maximum Gasteiger partial charge on any atom is 0.244 e. The molecule has 0 spiro atoms. The highest BCUT2D eigenvalue weighted by Gasteiger charge is 2.10. The Bertz CT molecular complexity index is 640. The molecule has 90 valence electrons. The number of hydrogen-bond donors (Lipinski definition) is 1. The third-order valence-corrected chi connectivity index (χ3v) is 3.03. The molecular formula is C12H7BrClN3O. The molecule has 1 aromatic carbocycles. The third kappa shape index (κ3) is 2.55. The van der Waals surface area contributed by atoms with E-state index in [-0.39, 0.29) is 11.6 Å². The predicted octanol–water partition coefficient (Wildman–Crippen LogP) is 3.74. The molecule has 0 amide bonds. The van der Waals surface area contributed by atoms with Gasteiger partial charge in [0.1, 0.15) is 17.5 Å². The molecule has 0 atom stereocenters. The number of nitriles is 1. The second kappa shape index (κ2) is 5.25. The zero-order valence-electron chi connectivity index (χ0n) is 9.02. The van der Waals surface area contributed by atoms with Crippen molar-refractivity contribution in [2.24, 2.45) is 0 Å². The number of nitrogens with two attached hydrogens (primary N) is 1. The van der Waals surface area contributed by atoms with Crippen molar-refractivity contribution < 1.29 is 4.74 Å². The first-order valence-corrected chi connectivity index (χ1v) is 6.06. The topological polar surface area (TPSA) is 71.9 Å². The fourth-order valence-corrected chi connectivity index (χ4v) is 2.06. The lowest BCUT2D eigenvalue weighted by atomic mass is 10.2. The summed E-state index contributed by atoms with van der Waals surface area (Å²) >= 11 is 9.15. The van der Waals surface area contributed by atoms with E-state index in [2.05, 4.69) is 20.9 Å². The highest BCUT2D eigenvalue weighted by Crippen LogP contribution is 2.33. The summed E-state index contributed by atoms with van der Waals surface area (Å²) in [6.45, 7) is 0. The first-order chi connectivity index (χ1) is 8.61. The van der Waals surface area contributed by atoms with Crippen LogP contribution in [0.4, 0.5) is 5.69 Å². The second-order valence-corrected chi connectivity index (χ2v) is 4.66. The smallest absolute Gasteiger partial charge is 0.244 e. The summed E-state index contributed by atoms with van der Waals surface area (Å²) in [5.41, 5.74) is 6.30. The van der Waals surface area contributed by atoms with E-state index in [4.69, 9.17) is 27.3 Å². The fourth-order valence-electron chi connectivity index (χ4n) is 1.29. The summed E-state index contributed by atoms with van der Waals surface area (Å²) in [6, 6.07) is 8.56. The Balaban J connectivity index is 2.38. The number of nitrogens with zero attached hydrogens (tertiary/aromatic N) is 2. The highest BCUT2D eigenvalue weighted by molar-refractivity contribution is 9.10. The summed E-state index contributed by atoms with van der Waals surface area (Å²) in [4.78, 5) is 3.99. The standard InChI is InChI=1S/C12H7BrClN3O/c13-9-5-8(14)1-2-10(9)18-12-11(16)7(6-15)3-4-17-12/h1-5H,16H2. The quantitative estimate of drug-likeness (QED) is 0.913. The van der Waals surface area contributed by atoms with E-state index >= 15 is 0 Å². The van der Waals surface area contributed by atoms with Gasteiger partial charge in [-0.15, -0.1) is 0 Å². The van der Waals surface area contributed by atoms with Crippen molar-refractivity contribution in [3.05, 3.63) is 45.5 Å². The Morgan fingerprint density at radius 3 is 2.83 bits per heavy atom. The average Bonchev–Trinajstić information content (AvgIpc) is 2.35. The number of ether oxygens (including phenoxy) is 1. The number of benzene rings is 1. The van der Waals surface area contributed by atoms with Gasteiger partial charge in [-0.05, 0) is 40.2 Å². The van der Waals surface area contributed by atoms with E-state index in [9.17, 15) is 0 Å². The lowest BCUT2D eigenvalue weighted by molar-refractivity contribution is 0.462. The number of nitrogen functional groups attached to an aromatic ring is 1. The lowest BCUT2D eigenvalue weighted by Crippen LogP contribution is -1.98. The van der Waals surface area contributed by atoms with Crippen molar-refractivity contribution in [2.45, 2.75) is 0 Å². The van der Waals surface area contributed by atoms with Crippen molar-refractivity contribution >= 4 is 33.2 Å². The molecule has 0 aliphatic rings. The van der Waals surface area contributed by atoms with Gasteiger partial charge in [-0.1, -0.05) is 11.6 Å². The number of pyridine rings is 1. The van der Waals surface area contributed by atoms with Gasteiger partial charge in [0, 0.05) is 11.2 Å². The molecule has 0 unspecified atom stereocenters.